The zero-order valence-electron chi connectivity index (χ0n) is 16.0. The SMILES string of the molecule is Fc1ccc2[nH]cc(C3CCCN(CC4CNc5ccccc5O4)CC3)c2c1. The number of aromatic amines is 1. The van der Waals surface area contributed by atoms with Gasteiger partial charge in [-0.1, -0.05) is 12.1 Å². The fourth-order valence-electron chi connectivity index (χ4n) is 4.65. The lowest BCUT2D eigenvalue weighted by atomic mass is 9.92. The standard InChI is InChI=1S/C23H26FN3O/c24-17-7-8-21-19(12-17)20(14-26-21)16-4-3-10-27(11-9-16)15-18-13-25-22-5-1-2-6-23(22)28-18/h1-2,5-8,12,14,16,18,25-26H,3-4,9-11,13,15H2. The van der Waals surface area contributed by atoms with E-state index in [-0.39, 0.29) is 11.9 Å². The lowest BCUT2D eigenvalue weighted by Crippen LogP contribution is -2.42. The third kappa shape index (κ3) is 3.47. The number of aromatic nitrogens is 1. The predicted molar refractivity (Wildman–Crippen MR) is 111 cm³/mol. The van der Waals surface area contributed by atoms with Crippen LogP contribution in [0.2, 0.25) is 0 Å². The largest absolute Gasteiger partial charge is 0.485 e. The Morgan fingerprint density at radius 1 is 1.11 bits per heavy atom. The number of para-hydroxylation sites is 2. The number of rotatable bonds is 3. The number of benzene rings is 2. The summed E-state index contributed by atoms with van der Waals surface area (Å²) in [5.74, 6) is 1.27. The molecule has 0 bridgehead atoms. The van der Waals surface area contributed by atoms with Crippen LogP contribution in [-0.2, 0) is 0 Å². The number of anilines is 1. The molecule has 5 rings (SSSR count). The van der Waals surface area contributed by atoms with Crippen molar-refractivity contribution in [1.29, 1.82) is 0 Å². The Morgan fingerprint density at radius 2 is 2.04 bits per heavy atom. The fraction of sp³-hybridized carbons (Fsp3) is 0.391. The summed E-state index contributed by atoms with van der Waals surface area (Å²) in [5.41, 5.74) is 3.37. The molecule has 4 nitrogen and oxygen atoms in total. The summed E-state index contributed by atoms with van der Waals surface area (Å²) < 4.78 is 19.9. The molecule has 2 N–H and O–H groups in total. The summed E-state index contributed by atoms with van der Waals surface area (Å²) in [4.78, 5) is 5.83. The number of fused-ring (bicyclic) bond motifs is 2. The van der Waals surface area contributed by atoms with E-state index >= 15 is 0 Å². The first-order chi connectivity index (χ1) is 13.8. The molecule has 3 heterocycles. The van der Waals surface area contributed by atoms with E-state index in [0.29, 0.717) is 5.92 Å². The Morgan fingerprint density at radius 3 is 3.00 bits per heavy atom. The van der Waals surface area contributed by atoms with Gasteiger partial charge in [0.15, 0.2) is 0 Å². The second kappa shape index (κ2) is 7.47. The number of H-pyrrole nitrogens is 1. The summed E-state index contributed by atoms with van der Waals surface area (Å²) in [6.45, 7) is 3.93. The molecule has 0 radical (unpaired) electrons. The third-order valence-electron chi connectivity index (χ3n) is 6.10. The molecule has 0 saturated carbocycles. The van der Waals surface area contributed by atoms with Crippen LogP contribution in [-0.4, -0.2) is 42.2 Å². The molecule has 5 heteroatoms. The minimum atomic E-state index is -0.161. The van der Waals surface area contributed by atoms with Gasteiger partial charge < -0.3 is 15.0 Å². The average molecular weight is 379 g/mol. The Labute approximate surface area is 164 Å². The van der Waals surface area contributed by atoms with Gasteiger partial charge in [-0.15, -0.1) is 0 Å². The van der Waals surface area contributed by atoms with Crippen LogP contribution in [0.4, 0.5) is 10.1 Å². The van der Waals surface area contributed by atoms with Crippen molar-refractivity contribution in [2.45, 2.75) is 31.3 Å². The van der Waals surface area contributed by atoms with Gasteiger partial charge in [0.25, 0.3) is 0 Å². The number of hydrogen-bond acceptors (Lipinski definition) is 3. The van der Waals surface area contributed by atoms with Gasteiger partial charge in [-0.2, -0.15) is 0 Å². The van der Waals surface area contributed by atoms with Crippen LogP contribution >= 0.6 is 0 Å². The van der Waals surface area contributed by atoms with Gasteiger partial charge in [-0.3, -0.25) is 4.90 Å². The molecule has 2 aliphatic heterocycles. The number of nitrogens with zero attached hydrogens (tertiary/aromatic N) is 1. The fourth-order valence-corrected chi connectivity index (χ4v) is 4.65. The smallest absolute Gasteiger partial charge is 0.142 e. The average Bonchev–Trinajstić information content (AvgIpc) is 2.99. The van der Waals surface area contributed by atoms with Crippen LogP contribution < -0.4 is 10.1 Å². The normalized spacial score (nSPS) is 22.9. The zero-order valence-corrected chi connectivity index (χ0v) is 16.0. The first-order valence-corrected chi connectivity index (χ1v) is 10.2. The van der Waals surface area contributed by atoms with Crippen LogP contribution in [0.3, 0.4) is 0 Å². The quantitative estimate of drug-likeness (QED) is 0.690. The maximum Gasteiger partial charge on any atom is 0.142 e. The molecule has 2 unspecified atom stereocenters. The molecule has 3 aromatic rings. The van der Waals surface area contributed by atoms with E-state index < -0.39 is 0 Å². The van der Waals surface area contributed by atoms with E-state index in [0.717, 1.165) is 67.8 Å². The molecule has 1 fully saturated rings. The maximum atomic E-state index is 13.7. The first-order valence-electron chi connectivity index (χ1n) is 10.2. The lowest BCUT2D eigenvalue weighted by molar-refractivity contribution is 0.138. The van der Waals surface area contributed by atoms with Crippen LogP contribution in [0.15, 0.2) is 48.7 Å². The molecule has 1 aromatic heterocycles. The Kier molecular flexibility index (Phi) is 4.69. The van der Waals surface area contributed by atoms with Gasteiger partial charge >= 0.3 is 0 Å². The lowest BCUT2D eigenvalue weighted by Gasteiger charge is -2.31. The number of halogens is 1. The topological polar surface area (TPSA) is 40.3 Å². The molecule has 0 aliphatic carbocycles. The molecular formula is C23H26FN3O. The summed E-state index contributed by atoms with van der Waals surface area (Å²) in [6.07, 6.45) is 5.65. The summed E-state index contributed by atoms with van der Waals surface area (Å²) in [7, 11) is 0. The minimum Gasteiger partial charge on any atom is -0.485 e. The van der Waals surface area contributed by atoms with Crippen molar-refractivity contribution in [1.82, 2.24) is 9.88 Å². The van der Waals surface area contributed by atoms with Crippen molar-refractivity contribution >= 4 is 16.6 Å². The predicted octanol–water partition coefficient (Wildman–Crippen LogP) is 4.75. The maximum absolute atomic E-state index is 13.7. The molecule has 146 valence electrons. The highest BCUT2D eigenvalue weighted by molar-refractivity contribution is 5.83. The summed E-state index contributed by atoms with van der Waals surface area (Å²) in [6, 6.07) is 13.2. The molecule has 0 spiro atoms. The van der Waals surface area contributed by atoms with Gasteiger partial charge in [0.2, 0.25) is 0 Å². The number of nitrogens with one attached hydrogen (secondary N) is 2. The van der Waals surface area contributed by atoms with Crippen molar-refractivity contribution in [3.63, 3.8) is 0 Å². The van der Waals surface area contributed by atoms with Crippen molar-refractivity contribution in [2.75, 3.05) is 31.5 Å². The molecule has 2 atom stereocenters. The van der Waals surface area contributed by atoms with Crippen LogP contribution in [0.1, 0.15) is 30.7 Å². The van der Waals surface area contributed by atoms with Gasteiger partial charge in [0, 0.05) is 23.6 Å². The molecule has 28 heavy (non-hydrogen) atoms. The van der Waals surface area contributed by atoms with E-state index in [4.69, 9.17) is 4.74 Å². The van der Waals surface area contributed by atoms with E-state index in [1.54, 1.807) is 6.07 Å². The van der Waals surface area contributed by atoms with E-state index in [2.05, 4.69) is 27.5 Å². The van der Waals surface area contributed by atoms with Crippen molar-refractivity contribution < 1.29 is 9.13 Å². The molecular weight excluding hydrogens is 353 g/mol. The van der Waals surface area contributed by atoms with Gasteiger partial charge in [0.05, 0.1) is 12.2 Å². The van der Waals surface area contributed by atoms with Crippen LogP contribution in [0, 0.1) is 5.82 Å². The second-order valence-corrected chi connectivity index (χ2v) is 7.98. The molecule has 0 amide bonds. The Hall–Kier alpha value is -2.53. The number of hydrogen-bond donors (Lipinski definition) is 2. The molecule has 2 aliphatic rings. The van der Waals surface area contributed by atoms with Crippen molar-refractivity contribution in [3.8, 4) is 5.75 Å². The highest BCUT2D eigenvalue weighted by atomic mass is 19.1. The van der Waals surface area contributed by atoms with Crippen molar-refractivity contribution in [3.05, 3.63) is 60.0 Å². The number of ether oxygens (including phenoxy) is 1. The molecule has 1 saturated heterocycles. The van der Waals surface area contributed by atoms with E-state index in [9.17, 15) is 4.39 Å². The highest BCUT2D eigenvalue weighted by Gasteiger charge is 2.25. The van der Waals surface area contributed by atoms with Crippen LogP contribution in [0.25, 0.3) is 10.9 Å². The summed E-state index contributed by atoms with van der Waals surface area (Å²) in [5, 5.41) is 4.52. The highest BCUT2D eigenvalue weighted by Crippen LogP contribution is 2.34. The Bertz CT molecular complexity index is 969. The van der Waals surface area contributed by atoms with E-state index in [1.807, 2.05) is 24.3 Å². The van der Waals surface area contributed by atoms with Crippen LogP contribution in [0.5, 0.6) is 5.75 Å². The second-order valence-electron chi connectivity index (χ2n) is 7.98. The third-order valence-corrected chi connectivity index (χ3v) is 6.10. The zero-order chi connectivity index (χ0) is 18.9. The first kappa shape index (κ1) is 17.6. The molecule has 2 aromatic carbocycles. The Balaban J connectivity index is 1.24. The van der Waals surface area contributed by atoms with Crippen molar-refractivity contribution in [2.24, 2.45) is 0 Å². The van der Waals surface area contributed by atoms with E-state index in [1.165, 1.54) is 11.6 Å². The monoisotopic (exact) mass is 379 g/mol. The van der Waals surface area contributed by atoms with Gasteiger partial charge in [-0.05, 0) is 74.2 Å². The number of likely N-dealkylation sites (tertiary alicyclic amines) is 1. The minimum absolute atomic E-state index is 0.161. The van der Waals surface area contributed by atoms with Gasteiger partial charge in [-0.25, -0.2) is 4.39 Å². The summed E-state index contributed by atoms with van der Waals surface area (Å²) >= 11 is 0. The van der Waals surface area contributed by atoms with Gasteiger partial charge in [0.1, 0.15) is 17.7 Å².